The first-order valence-corrected chi connectivity index (χ1v) is 6.11. The summed E-state index contributed by atoms with van der Waals surface area (Å²) in [6, 6.07) is 1.93. The lowest BCUT2D eigenvalue weighted by Gasteiger charge is -2.21. The molecule has 18 heavy (non-hydrogen) atoms. The molecule has 1 unspecified atom stereocenters. The van der Waals surface area contributed by atoms with Crippen LogP contribution in [-0.4, -0.2) is 35.1 Å². The SMILES string of the molecule is Cc1oc(C(=O)NN)cc1CN1CCCC1CO. The number of furan rings is 1. The number of carbonyl (C=O) groups excluding carboxylic acids is 1. The van der Waals surface area contributed by atoms with Gasteiger partial charge in [0.05, 0.1) is 6.61 Å². The third-order valence-corrected chi connectivity index (χ3v) is 3.46. The molecule has 4 N–H and O–H groups in total. The largest absolute Gasteiger partial charge is 0.456 e. The van der Waals surface area contributed by atoms with E-state index in [1.165, 1.54) is 0 Å². The first-order chi connectivity index (χ1) is 8.65. The van der Waals surface area contributed by atoms with Gasteiger partial charge in [0, 0.05) is 18.2 Å². The van der Waals surface area contributed by atoms with E-state index < -0.39 is 5.91 Å². The number of aliphatic hydroxyl groups excluding tert-OH is 1. The average molecular weight is 253 g/mol. The molecule has 0 radical (unpaired) electrons. The van der Waals surface area contributed by atoms with E-state index in [1.807, 2.05) is 12.3 Å². The molecule has 1 aliphatic heterocycles. The third-order valence-electron chi connectivity index (χ3n) is 3.46. The standard InChI is InChI=1S/C12H19N3O3/c1-8-9(5-11(18-8)12(17)14-13)6-15-4-2-3-10(15)7-16/h5,10,16H,2-4,6-7,13H2,1H3,(H,14,17). The Hall–Kier alpha value is -1.37. The van der Waals surface area contributed by atoms with Crippen LogP contribution in [0, 0.1) is 6.92 Å². The maximum Gasteiger partial charge on any atom is 0.300 e. The molecule has 100 valence electrons. The monoisotopic (exact) mass is 253 g/mol. The summed E-state index contributed by atoms with van der Waals surface area (Å²) < 4.78 is 5.37. The van der Waals surface area contributed by atoms with Crippen LogP contribution in [0.5, 0.6) is 0 Å². The molecule has 6 nitrogen and oxygen atoms in total. The number of hydrazine groups is 1. The number of nitrogens with zero attached hydrogens (tertiary/aromatic N) is 1. The van der Waals surface area contributed by atoms with Gasteiger partial charge < -0.3 is 9.52 Å². The Kier molecular flexibility index (Phi) is 4.00. The van der Waals surface area contributed by atoms with Gasteiger partial charge >= 0.3 is 5.91 Å². The van der Waals surface area contributed by atoms with Gasteiger partial charge in [-0.2, -0.15) is 0 Å². The number of nitrogen functional groups attached to an aromatic ring is 1. The molecule has 1 atom stereocenters. The second kappa shape index (κ2) is 5.51. The maximum absolute atomic E-state index is 11.4. The lowest BCUT2D eigenvalue weighted by Crippen LogP contribution is -2.31. The summed E-state index contributed by atoms with van der Waals surface area (Å²) in [7, 11) is 0. The second-order valence-corrected chi connectivity index (χ2v) is 4.61. The van der Waals surface area contributed by atoms with E-state index in [2.05, 4.69) is 4.90 Å². The third kappa shape index (κ3) is 2.55. The zero-order valence-corrected chi connectivity index (χ0v) is 10.5. The molecule has 2 heterocycles. The molecule has 0 spiro atoms. The van der Waals surface area contributed by atoms with Crippen molar-refractivity contribution in [2.75, 3.05) is 13.2 Å². The van der Waals surface area contributed by atoms with Gasteiger partial charge in [0.25, 0.3) is 0 Å². The van der Waals surface area contributed by atoms with Crippen molar-refractivity contribution in [2.45, 2.75) is 32.4 Å². The van der Waals surface area contributed by atoms with Gasteiger partial charge in [-0.25, -0.2) is 5.84 Å². The Labute approximate surface area is 106 Å². The van der Waals surface area contributed by atoms with Crippen LogP contribution in [0.15, 0.2) is 10.5 Å². The van der Waals surface area contributed by atoms with E-state index in [0.717, 1.165) is 30.7 Å². The minimum absolute atomic E-state index is 0.174. The molecule has 1 aromatic heterocycles. The number of rotatable bonds is 4. The number of nitrogens with one attached hydrogen (secondary N) is 1. The fourth-order valence-corrected chi connectivity index (χ4v) is 2.39. The van der Waals surface area contributed by atoms with Crippen LogP contribution in [0.3, 0.4) is 0 Å². The van der Waals surface area contributed by atoms with Crippen molar-refractivity contribution in [3.05, 3.63) is 23.2 Å². The summed E-state index contributed by atoms with van der Waals surface area (Å²) in [6.45, 7) is 3.66. The first kappa shape index (κ1) is 13.1. The van der Waals surface area contributed by atoms with Gasteiger partial charge in [-0.15, -0.1) is 0 Å². The van der Waals surface area contributed by atoms with Crippen molar-refractivity contribution in [1.82, 2.24) is 10.3 Å². The Morgan fingerprint density at radius 3 is 3.17 bits per heavy atom. The molecular formula is C12H19N3O3. The Morgan fingerprint density at radius 1 is 1.72 bits per heavy atom. The van der Waals surface area contributed by atoms with Gasteiger partial charge in [-0.3, -0.25) is 15.1 Å². The molecule has 0 bridgehead atoms. The van der Waals surface area contributed by atoms with Crippen molar-refractivity contribution in [3.8, 4) is 0 Å². The van der Waals surface area contributed by atoms with Gasteiger partial charge in [0.1, 0.15) is 5.76 Å². The van der Waals surface area contributed by atoms with Crippen LogP contribution in [-0.2, 0) is 6.54 Å². The molecule has 1 saturated heterocycles. The van der Waals surface area contributed by atoms with Crippen LogP contribution in [0.1, 0.15) is 34.7 Å². The Bertz CT molecular complexity index is 430. The Balaban J connectivity index is 2.09. The predicted molar refractivity (Wildman–Crippen MR) is 65.6 cm³/mol. The predicted octanol–water partition coefficient (Wildman–Crippen LogP) is 0.148. The lowest BCUT2D eigenvalue weighted by atomic mass is 10.2. The highest BCUT2D eigenvalue weighted by Crippen LogP contribution is 2.23. The highest BCUT2D eigenvalue weighted by atomic mass is 16.4. The molecule has 1 amide bonds. The topological polar surface area (TPSA) is 91.7 Å². The Morgan fingerprint density at radius 2 is 2.50 bits per heavy atom. The molecular weight excluding hydrogens is 234 g/mol. The average Bonchev–Trinajstić information content (AvgIpc) is 2.96. The van der Waals surface area contributed by atoms with Crippen molar-refractivity contribution in [2.24, 2.45) is 5.84 Å². The van der Waals surface area contributed by atoms with E-state index in [9.17, 15) is 9.90 Å². The summed E-state index contributed by atoms with van der Waals surface area (Å²) in [6.07, 6.45) is 2.11. The molecule has 1 fully saturated rings. The van der Waals surface area contributed by atoms with E-state index in [-0.39, 0.29) is 18.4 Å². The summed E-state index contributed by atoms with van der Waals surface area (Å²) >= 11 is 0. The summed E-state index contributed by atoms with van der Waals surface area (Å²) in [5.74, 6) is 5.59. The smallest absolute Gasteiger partial charge is 0.300 e. The number of aliphatic hydroxyl groups is 1. The second-order valence-electron chi connectivity index (χ2n) is 4.61. The number of nitrogens with two attached hydrogens (primary N) is 1. The minimum Gasteiger partial charge on any atom is -0.456 e. The summed E-state index contributed by atoms with van der Waals surface area (Å²) in [5, 5.41) is 9.27. The van der Waals surface area contributed by atoms with Gasteiger partial charge in [-0.05, 0) is 32.4 Å². The highest BCUT2D eigenvalue weighted by molar-refractivity contribution is 5.91. The van der Waals surface area contributed by atoms with Crippen molar-refractivity contribution in [1.29, 1.82) is 0 Å². The summed E-state index contributed by atoms with van der Waals surface area (Å²) in [4.78, 5) is 13.6. The number of carbonyl (C=O) groups is 1. The summed E-state index contributed by atoms with van der Waals surface area (Å²) in [5.41, 5.74) is 3.02. The van der Waals surface area contributed by atoms with E-state index >= 15 is 0 Å². The van der Waals surface area contributed by atoms with E-state index in [0.29, 0.717) is 6.54 Å². The van der Waals surface area contributed by atoms with E-state index in [1.54, 1.807) is 6.07 Å². The molecule has 1 aromatic rings. The number of likely N-dealkylation sites (tertiary alicyclic amines) is 1. The lowest BCUT2D eigenvalue weighted by molar-refractivity contribution is 0.0924. The number of aryl methyl sites for hydroxylation is 1. The fraction of sp³-hybridized carbons (Fsp3) is 0.583. The maximum atomic E-state index is 11.4. The van der Waals surface area contributed by atoms with Crippen molar-refractivity contribution >= 4 is 5.91 Å². The molecule has 1 aliphatic rings. The molecule has 6 heteroatoms. The van der Waals surface area contributed by atoms with Crippen molar-refractivity contribution in [3.63, 3.8) is 0 Å². The number of hydrogen-bond acceptors (Lipinski definition) is 5. The van der Waals surface area contributed by atoms with Crippen LogP contribution in [0.4, 0.5) is 0 Å². The number of amides is 1. The van der Waals surface area contributed by atoms with Crippen molar-refractivity contribution < 1.29 is 14.3 Å². The van der Waals surface area contributed by atoms with Crippen LogP contribution >= 0.6 is 0 Å². The molecule has 0 saturated carbocycles. The number of hydrogen-bond donors (Lipinski definition) is 3. The van der Waals surface area contributed by atoms with Gasteiger partial charge in [0.15, 0.2) is 5.76 Å². The van der Waals surface area contributed by atoms with Crippen LogP contribution in [0.25, 0.3) is 0 Å². The normalized spacial score (nSPS) is 20.3. The first-order valence-electron chi connectivity index (χ1n) is 6.11. The zero-order chi connectivity index (χ0) is 13.1. The molecule has 2 rings (SSSR count). The zero-order valence-electron chi connectivity index (χ0n) is 10.5. The van der Waals surface area contributed by atoms with Gasteiger partial charge in [-0.1, -0.05) is 0 Å². The van der Waals surface area contributed by atoms with Crippen LogP contribution < -0.4 is 11.3 Å². The quantitative estimate of drug-likeness (QED) is 0.403. The highest BCUT2D eigenvalue weighted by Gasteiger charge is 2.25. The molecule has 0 aliphatic carbocycles. The van der Waals surface area contributed by atoms with Crippen LogP contribution in [0.2, 0.25) is 0 Å². The fourth-order valence-electron chi connectivity index (χ4n) is 2.39. The molecule has 0 aromatic carbocycles. The minimum atomic E-state index is -0.426. The van der Waals surface area contributed by atoms with Gasteiger partial charge in [0.2, 0.25) is 0 Å². The van der Waals surface area contributed by atoms with E-state index in [4.69, 9.17) is 10.3 Å².